The molecule has 1 heterocycles. The quantitative estimate of drug-likeness (QED) is 0.787. The summed E-state index contributed by atoms with van der Waals surface area (Å²) < 4.78 is 0. The predicted octanol–water partition coefficient (Wildman–Crippen LogP) is 1.19. The lowest BCUT2D eigenvalue weighted by atomic mass is 10.3. The number of nitrogens with zero attached hydrogens (tertiary/aromatic N) is 2. The molecule has 1 aromatic rings. The molecule has 1 aliphatic carbocycles. The van der Waals surface area contributed by atoms with Gasteiger partial charge in [-0.2, -0.15) is 0 Å². The average Bonchev–Trinajstić information content (AvgIpc) is 3.02. The minimum absolute atomic E-state index is 0.237. The monoisotopic (exact) mass is 283 g/mol. The Bertz CT molecular complexity index is 431. The van der Waals surface area contributed by atoms with E-state index in [-0.39, 0.29) is 12.6 Å². The normalized spacial score (nSPS) is 14.1. The van der Waals surface area contributed by atoms with Crippen LogP contribution in [0.1, 0.15) is 17.8 Å². The minimum Gasteiger partial charge on any atom is -0.480 e. The van der Waals surface area contributed by atoms with Gasteiger partial charge in [-0.1, -0.05) is 0 Å². The lowest BCUT2D eigenvalue weighted by Crippen LogP contribution is -2.44. The number of carboxylic acid groups (broad SMARTS) is 1. The summed E-state index contributed by atoms with van der Waals surface area (Å²) in [6, 6.07) is -0.300. The molecule has 1 aromatic heterocycles. The van der Waals surface area contributed by atoms with E-state index in [1.54, 1.807) is 17.5 Å². The van der Waals surface area contributed by atoms with Gasteiger partial charge in [0.15, 0.2) is 0 Å². The maximum atomic E-state index is 11.9. The Kier molecular flexibility index (Phi) is 4.73. The molecule has 2 N–H and O–H groups in total. The van der Waals surface area contributed by atoms with E-state index in [4.69, 9.17) is 5.11 Å². The molecule has 0 spiro atoms. The molecule has 0 aliphatic heterocycles. The molecule has 19 heavy (non-hydrogen) atoms. The third-order valence-corrected chi connectivity index (χ3v) is 3.73. The van der Waals surface area contributed by atoms with Gasteiger partial charge in [0.2, 0.25) is 0 Å². The maximum absolute atomic E-state index is 11.9. The van der Waals surface area contributed by atoms with E-state index in [9.17, 15) is 9.59 Å². The van der Waals surface area contributed by atoms with Crippen molar-refractivity contribution in [2.45, 2.75) is 19.3 Å². The number of hydrogen-bond acceptors (Lipinski definition) is 4. The van der Waals surface area contributed by atoms with Gasteiger partial charge in [-0.05, 0) is 18.8 Å². The SMILES string of the molecule is O=C(O)CN(CC1CC1)C(=O)NCCc1nccs1. The summed E-state index contributed by atoms with van der Waals surface area (Å²) in [6.07, 6.45) is 4.57. The molecule has 7 heteroatoms. The van der Waals surface area contributed by atoms with Crippen molar-refractivity contribution >= 4 is 23.3 Å². The number of nitrogens with one attached hydrogen (secondary N) is 1. The highest BCUT2D eigenvalue weighted by Gasteiger charge is 2.27. The Balaban J connectivity index is 1.75. The first-order valence-electron chi connectivity index (χ1n) is 6.28. The summed E-state index contributed by atoms with van der Waals surface area (Å²) in [4.78, 5) is 28.2. The fraction of sp³-hybridized carbons (Fsp3) is 0.583. The molecule has 0 saturated heterocycles. The predicted molar refractivity (Wildman–Crippen MR) is 71.1 cm³/mol. The lowest BCUT2D eigenvalue weighted by Gasteiger charge is -2.20. The van der Waals surface area contributed by atoms with Crippen molar-refractivity contribution in [2.24, 2.45) is 5.92 Å². The molecular weight excluding hydrogens is 266 g/mol. The molecule has 6 nitrogen and oxygen atoms in total. The Morgan fingerprint density at radius 2 is 2.32 bits per heavy atom. The first kappa shape index (κ1) is 13.8. The molecule has 104 valence electrons. The standard InChI is InChI=1S/C12H17N3O3S/c16-11(17)8-15(7-9-1-2-9)12(18)14-4-3-10-13-5-6-19-10/h5-6,9H,1-4,7-8H2,(H,14,18)(H,16,17). The van der Waals surface area contributed by atoms with Gasteiger partial charge in [0, 0.05) is 31.1 Å². The molecule has 0 atom stereocenters. The summed E-state index contributed by atoms with van der Waals surface area (Å²) >= 11 is 1.54. The van der Waals surface area contributed by atoms with E-state index >= 15 is 0 Å². The number of aliphatic carboxylic acids is 1. The van der Waals surface area contributed by atoms with Crippen LogP contribution in [-0.2, 0) is 11.2 Å². The molecule has 0 aromatic carbocycles. The number of carbonyl (C=O) groups excluding carboxylic acids is 1. The van der Waals surface area contributed by atoms with Crippen molar-refractivity contribution in [3.8, 4) is 0 Å². The van der Waals surface area contributed by atoms with Crippen molar-refractivity contribution in [3.05, 3.63) is 16.6 Å². The van der Waals surface area contributed by atoms with Crippen molar-refractivity contribution < 1.29 is 14.7 Å². The third-order valence-electron chi connectivity index (χ3n) is 2.89. The van der Waals surface area contributed by atoms with Crippen LogP contribution in [0, 0.1) is 5.92 Å². The number of urea groups is 1. The number of amides is 2. The molecule has 2 rings (SSSR count). The zero-order chi connectivity index (χ0) is 13.7. The molecule has 0 unspecified atom stereocenters. The van der Waals surface area contributed by atoms with Gasteiger partial charge in [0.25, 0.3) is 0 Å². The zero-order valence-corrected chi connectivity index (χ0v) is 11.4. The van der Waals surface area contributed by atoms with E-state index < -0.39 is 5.97 Å². The number of carbonyl (C=O) groups is 2. The van der Waals surface area contributed by atoms with Gasteiger partial charge in [-0.15, -0.1) is 11.3 Å². The molecule has 1 fully saturated rings. The summed E-state index contributed by atoms with van der Waals surface area (Å²) in [5.41, 5.74) is 0. The van der Waals surface area contributed by atoms with Crippen molar-refractivity contribution in [1.29, 1.82) is 0 Å². The van der Waals surface area contributed by atoms with Gasteiger partial charge in [0.1, 0.15) is 6.54 Å². The fourth-order valence-corrected chi connectivity index (χ4v) is 2.38. The third kappa shape index (κ3) is 4.86. The summed E-state index contributed by atoms with van der Waals surface area (Å²) in [5.74, 6) is -0.500. The number of rotatable bonds is 7. The average molecular weight is 283 g/mol. The highest BCUT2D eigenvalue weighted by Crippen LogP contribution is 2.29. The number of aromatic nitrogens is 1. The van der Waals surface area contributed by atoms with Crippen LogP contribution in [0.4, 0.5) is 4.79 Å². The largest absolute Gasteiger partial charge is 0.480 e. The zero-order valence-electron chi connectivity index (χ0n) is 10.5. The Labute approximate surface area is 115 Å². The van der Waals surface area contributed by atoms with Crippen LogP contribution < -0.4 is 5.32 Å². The van der Waals surface area contributed by atoms with E-state index in [0.717, 1.165) is 17.8 Å². The number of hydrogen-bond donors (Lipinski definition) is 2. The van der Waals surface area contributed by atoms with Crippen LogP contribution >= 0.6 is 11.3 Å². The molecule has 0 bridgehead atoms. The maximum Gasteiger partial charge on any atom is 0.323 e. The van der Waals surface area contributed by atoms with Crippen molar-refractivity contribution in [2.75, 3.05) is 19.6 Å². The van der Waals surface area contributed by atoms with Crippen LogP contribution in [0.15, 0.2) is 11.6 Å². The van der Waals surface area contributed by atoms with Gasteiger partial charge in [0.05, 0.1) is 5.01 Å². The van der Waals surface area contributed by atoms with Crippen LogP contribution in [0.5, 0.6) is 0 Å². The Morgan fingerprint density at radius 1 is 1.53 bits per heavy atom. The second-order valence-electron chi connectivity index (χ2n) is 4.63. The second-order valence-corrected chi connectivity index (χ2v) is 5.60. The van der Waals surface area contributed by atoms with Gasteiger partial charge in [-0.3, -0.25) is 4.79 Å². The number of thiazole rings is 1. The Morgan fingerprint density at radius 3 is 2.89 bits per heavy atom. The number of carboxylic acids is 1. The minimum atomic E-state index is -0.976. The molecule has 0 radical (unpaired) electrons. The summed E-state index contributed by atoms with van der Waals surface area (Å²) in [7, 11) is 0. The van der Waals surface area contributed by atoms with E-state index in [2.05, 4.69) is 10.3 Å². The van der Waals surface area contributed by atoms with Gasteiger partial charge >= 0.3 is 12.0 Å². The van der Waals surface area contributed by atoms with E-state index in [0.29, 0.717) is 25.4 Å². The van der Waals surface area contributed by atoms with Crippen molar-refractivity contribution in [3.63, 3.8) is 0 Å². The first-order valence-corrected chi connectivity index (χ1v) is 7.16. The summed E-state index contributed by atoms with van der Waals surface area (Å²) in [6.45, 7) is 0.780. The first-order chi connectivity index (χ1) is 9.15. The second kappa shape index (κ2) is 6.51. The molecule has 1 aliphatic rings. The van der Waals surface area contributed by atoms with Crippen LogP contribution in [-0.4, -0.2) is 46.6 Å². The molecule has 2 amide bonds. The highest BCUT2D eigenvalue weighted by molar-refractivity contribution is 7.09. The van der Waals surface area contributed by atoms with Gasteiger partial charge in [-0.25, -0.2) is 9.78 Å². The van der Waals surface area contributed by atoms with E-state index in [1.165, 1.54) is 4.90 Å². The topological polar surface area (TPSA) is 82.5 Å². The van der Waals surface area contributed by atoms with Crippen LogP contribution in [0.3, 0.4) is 0 Å². The van der Waals surface area contributed by atoms with Crippen LogP contribution in [0.25, 0.3) is 0 Å². The lowest BCUT2D eigenvalue weighted by molar-refractivity contribution is -0.137. The Hall–Kier alpha value is -1.63. The van der Waals surface area contributed by atoms with E-state index in [1.807, 2.05) is 5.38 Å². The fourth-order valence-electron chi connectivity index (χ4n) is 1.76. The molecular formula is C12H17N3O3S. The van der Waals surface area contributed by atoms with Crippen LogP contribution in [0.2, 0.25) is 0 Å². The highest BCUT2D eigenvalue weighted by atomic mass is 32.1. The molecule has 1 saturated carbocycles. The smallest absolute Gasteiger partial charge is 0.323 e. The van der Waals surface area contributed by atoms with Crippen molar-refractivity contribution in [1.82, 2.24) is 15.2 Å². The summed E-state index contributed by atoms with van der Waals surface area (Å²) in [5, 5.41) is 14.4. The van der Waals surface area contributed by atoms with Gasteiger partial charge < -0.3 is 15.3 Å².